The predicted molar refractivity (Wildman–Crippen MR) is 68.8 cm³/mol. The summed E-state index contributed by atoms with van der Waals surface area (Å²) in [5.41, 5.74) is 1.99. The summed E-state index contributed by atoms with van der Waals surface area (Å²) in [5, 5.41) is 8.77. The lowest BCUT2D eigenvalue weighted by Gasteiger charge is -2.01. The Morgan fingerprint density at radius 2 is 1.88 bits per heavy atom. The molecule has 3 rings (SSSR count). The second kappa shape index (κ2) is 4.25. The van der Waals surface area contributed by atoms with E-state index in [0.717, 1.165) is 17.1 Å². The van der Waals surface area contributed by atoms with Crippen molar-refractivity contribution in [3.63, 3.8) is 0 Å². The summed E-state index contributed by atoms with van der Waals surface area (Å²) in [6, 6.07) is 12.0. The van der Waals surface area contributed by atoms with Gasteiger partial charge in [0.05, 0.1) is 11.0 Å². The van der Waals surface area contributed by atoms with Crippen molar-refractivity contribution in [2.75, 3.05) is 0 Å². The Bertz CT molecular complexity index is 648. The molecule has 0 atom stereocenters. The maximum Gasteiger partial charge on any atom is 0.255 e. The van der Waals surface area contributed by atoms with Crippen molar-refractivity contribution in [2.24, 2.45) is 0 Å². The van der Waals surface area contributed by atoms with Gasteiger partial charge in [0, 0.05) is 11.8 Å². The van der Waals surface area contributed by atoms with E-state index in [1.165, 1.54) is 0 Å². The molecule has 84 valence electrons. The Balaban J connectivity index is 2.15. The largest absolute Gasteiger partial charge is 0.270 e. The van der Waals surface area contributed by atoms with Crippen LogP contribution in [0.15, 0.2) is 42.6 Å². The molecule has 17 heavy (non-hydrogen) atoms. The SMILES string of the molecule is BrCc1nnc2nc(-c3ccccc3)ccn12. The first kappa shape index (κ1) is 10.4. The second-order valence-corrected chi connectivity index (χ2v) is 4.16. The van der Waals surface area contributed by atoms with E-state index in [9.17, 15) is 0 Å². The molecule has 2 heterocycles. The van der Waals surface area contributed by atoms with Crippen LogP contribution in [-0.2, 0) is 5.33 Å². The molecule has 0 aliphatic heterocycles. The molecule has 0 N–H and O–H groups in total. The Kier molecular flexibility index (Phi) is 2.60. The minimum atomic E-state index is 0.626. The number of rotatable bonds is 2. The number of fused-ring (bicyclic) bond motifs is 1. The smallest absolute Gasteiger partial charge is 0.255 e. The van der Waals surface area contributed by atoms with Gasteiger partial charge in [0.2, 0.25) is 0 Å². The van der Waals surface area contributed by atoms with E-state index in [4.69, 9.17) is 0 Å². The average Bonchev–Trinajstić information content (AvgIpc) is 2.81. The molecule has 0 unspecified atom stereocenters. The van der Waals surface area contributed by atoms with Crippen molar-refractivity contribution >= 4 is 21.7 Å². The zero-order valence-electron chi connectivity index (χ0n) is 8.92. The van der Waals surface area contributed by atoms with Gasteiger partial charge in [0.1, 0.15) is 5.82 Å². The van der Waals surface area contributed by atoms with Gasteiger partial charge in [-0.25, -0.2) is 4.98 Å². The van der Waals surface area contributed by atoms with E-state index in [1.807, 2.05) is 47.0 Å². The molecule has 2 aromatic heterocycles. The van der Waals surface area contributed by atoms with Crippen LogP contribution in [0.4, 0.5) is 0 Å². The number of aromatic nitrogens is 4. The highest BCUT2D eigenvalue weighted by Crippen LogP contribution is 2.17. The average molecular weight is 289 g/mol. The van der Waals surface area contributed by atoms with Crippen LogP contribution in [0.5, 0.6) is 0 Å². The first-order valence-electron chi connectivity index (χ1n) is 5.20. The van der Waals surface area contributed by atoms with Crippen LogP contribution in [0.1, 0.15) is 5.82 Å². The lowest BCUT2D eigenvalue weighted by molar-refractivity contribution is 0.994. The van der Waals surface area contributed by atoms with Crippen molar-refractivity contribution in [2.45, 2.75) is 5.33 Å². The molecule has 5 heteroatoms. The molecule has 0 bridgehead atoms. The van der Waals surface area contributed by atoms with Gasteiger partial charge in [0.15, 0.2) is 0 Å². The van der Waals surface area contributed by atoms with E-state index in [0.29, 0.717) is 11.1 Å². The Hall–Kier alpha value is -1.75. The third-order valence-corrected chi connectivity index (χ3v) is 3.04. The van der Waals surface area contributed by atoms with Crippen LogP contribution >= 0.6 is 15.9 Å². The highest BCUT2D eigenvalue weighted by Gasteiger charge is 2.06. The molecular weight excluding hydrogens is 280 g/mol. The van der Waals surface area contributed by atoms with Gasteiger partial charge in [-0.05, 0) is 6.07 Å². The number of halogens is 1. The van der Waals surface area contributed by atoms with E-state index in [2.05, 4.69) is 31.1 Å². The summed E-state index contributed by atoms with van der Waals surface area (Å²) >= 11 is 3.37. The van der Waals surface area contributed by atoms with E-state index in [1.54, 1.807) is 0 Å². The molecular formula is C12H9BrN4. The van der Waals surface area contributed by atoms with Crippen LogP contribution in [0.25, 0.3) is 17.0 Å². The van der Waals surface area contributed by atoms with Crippen molar-refractivity contribution < 1.29 is 0 Å². The lowest BCUT2D eigenvalue weighted by Crippen LogP contribution is -1.94. The molecule has 3 aromatic rings. The van der Waals surface area contributed by atoms with Crippen LogP contribution in [0.3, 0.4) is 0 Å². The van der Waals surface area contributed by atoms with E-state index >= 15 is 0 Å². The highest BCUT2D eigenvalue weighted by atomic mass is 79.9. The lowest BCUT2D eigenvalue weighted by atomic mass is 10.1. The minimum Gasteiger partial charge on any atom is -0.270 e. The van der Waals surface area contributed by atoms with E-state index in [-0.39, 0.29) is 0 Å². The standard InChI is InChI=1S/C12H9BrN4/c13-8-11-15-16-12-14-10(6-7-17(11)12)9-4-2-1-3-5-9/h1-7H,8H2. The molecule has 0 fully saturated rings. The van der Waals surface area contributed by atoms with Crippen molar-refractivity contribution in [1.82, 2.24) is 19.6 Å². The Morgan fingerprint density at radius 3 is 2.65 bits per heavy atom. The fourth-order valence-electron chi connectivity index (χ4n) is 1.69. The molecule has 0 aliphatic carbocycles. The summed E-state index contributed by atoms with van der Waals surface area (Å²) in [4.78, 5) is 4.48. The van der Waals surface area contributed by atoms with Crippen LogP contribution in [-0.4, -0.2) is 19.6 Å². The third-order valence-electron chi connectivity index (χ3n) is 2.54. The number of benzene rings is 1. The molecule has 0 saturated carbocycles. The fraction of sp³-hybridized carbons (Fsp3) is 0.0833. The number of hydrogen-bond acceptors (Lipinski definition) is 3. The Labute approximate surface area is 106 Å². The molecule has 0 amide bonds. The zero-order valence-corrected chi connectivity index (χ0v) is 10.5. The normalized spacial score (nSPS) is 10.9. The fourth-order valence-corrected chi connectivity index (χ4v) is 2.08. The summed E-state index contributed by atoms with van der Waals surface area (Å²) in [6.07, 6.45) is 1.95. The van der Waals surface area contributed by atoms with Crippen LogP contribution in [0, 0.1) is 0 Å². The van der Waals surface area contributed by atoms with Crippen molar-refractivity contribution in [3.05, 3.63) is 48.4 Å². The highest BCUT2D eigenvalue weighted by molar-refractivity contribution is 9.08. The zero-order chi connectivity index (χ0) is 11.7. The molecule has 0 aliphatic rings. The van der Waals surface area contributed by atoms with Gasteiger partial charge in [-0.3, -0.25) is 4.40 Å². The summed E-state index contributed by atoms with van der Waals surface area (Å²) in [7, 11) is 0. The monoisotopic (exact) mass is 288 g/mol. The predicted octanol–water partition coefficient (Wildman–Crippen LogP) is 2.69. The molecule has 0 saturated heterocycles. The van der Waals surface area contributed by atoms with Gasteiger partial charge in [-0.1, -0.05) is 46.3 Å². The van der Waals surface area contributed by atoms with Gasteiger partial charge < -0.3 is 0 Å². The Morgan fingerprint density at radius 1 is 1.06 bits per heavy atom. The van der Waals surface area contributed by atoms with Crippen molar-refractivity contribution in [3.8, 4) is 11.3 Å². The van der Waals surface area contributed by atoms with Gasteiger partial charge in [-0.2, -0.15) is 0 Å². The minimum absolute atomic E-state index is 0.626. The van der Waals surface area contributed by atoms with Gasteiger partial charge >= 0.3 is 0 Å². The second-order valence-electron chi connectivity index (χ2n) is 3.60. The maximum absolute atomic E-state index is 4.48. The molecule has 1 aromatic carbocycles. The summed E-state index contributed by atoms with van der Waals surface area (Å²) < 4.78 is 1.88. The van der Waals surface area contributed by atoms with Crippen molar-refractivity contribution in [1.29, 1.82) is 0 Å². The first-order valence-corrected chi connectivity index (χ1v) is 6.32. The van der Waals surface area contributed by atoms with Crippen LogP contribution < -0.4 is 0 Å². The van der Waals surface area contributed by atoms with Gasteiger partial charge in [-0.15, -0.1) is 10.2 Å². The summed E-state index contributed by atoms with van der Waals surface area (Å²) in [6.45, 7) is 0. The van der Waals surface area contributed by atoms with Crippen LogP contribution in [0.2, 0.25) is 0 Å². The topological polar surface area (TPSA) is 43.1 Å². The molecule has 0 radical (unpaired) electrons. The number of hydrogen-bond donors (Lipinski definition) is 0. The number of alkyl halides is 1. The van der Waals surface area contributed by atoms with Gasteiger partial charge in [0.25, 0.3) is 5.78 Å². The molecule has 0 spiro atoms. The molecule has 4 nitrogen and oxygen atoms in total. The summed E-state index contributed by atoms with van der Waals surface area (Å²) in [5.74, 6) is 1.48. The number of nitrogens with zero attached hydrogens (tertiary/aromatic N) is 4. The quantitative estimate of drug-likeness (QED) is 0.681. The first-order chi connectivity index (χ1) is 8.38. The third kappa shape index (κ3) is 1.82. The van der Waals surface area contributed by atoms with E-state index < -0.39 is 0 Å². The maximum atomic E-state index is 4.48.